The lowest BCUT2D eigenvalue weighted by Gasteiger charge is -2.46. The molecule has 0 spiro atoms. The van der Waals surface area contributed by atoms with Gasteiger partial charge in [0, 0.05) is 19.6 Å². The van der Waals surface area contributed by atoms with Gasteiger partial charge in [-0.1, -0.05) is 75.7 Å². The van der Waals surface area contributed by atoms with Gasteiger partial charge in [-0.15, -0.1) is 0 Å². The molecule has 4 rings (SSSR count). The largest absolute Gasteiger partial charge is 0.336 e. The molecule has 0 amide bonds. The molecule has 1 heterocycles. The van der Waals surface area contributed by atoms with Crippen LogP contribution in [0.15, 0.2) is 14.4 Å². The van der Waals surface area contributed by atoms with Crippen LogP contribution < -0.4 is 17.1 Å². The van der Waals surface area contributed by atoms with Crippen LogP contribution in [0.1, 0.15) is 133 Å². The summed E-state index contributed by atoms with van der Waals surface area (Å²) in [5, 5.41) is 0. The van der Waals surface area contributed by atoms with Crippen LogP contribution in [-0.4, -0.2) is 13.7 Å². The van der Waals surface area contributed by atoms with Gasteiger partial charge in [0.1, 0.15) is 0 Å². The fourth-order valence-corrected chi connectivity index (χ4v) is 10.6. The van der Waals surface area contributed by atoms with Crippen LogP contribution in [0.4, 0.5) is 0 Å². The number of aromatic nitrogens is 3. The quantitative estimate of drug-likeness (QED) is 0.375. The van der Waals surface area contributed by atoms with Crippen LogP contribution in [0.2, 0.25) is 0 Å². The third-order valence-corrected chi connectivity index (χ3v) is 10.6. The highest BCUT2D eigenvalue weighted by Gasteiger charge is 2.42. The average molecular weight is 558 g/mol. The van der Waals surface area contributed by atoms with Crippen molar-refractivity contribution in [1.82, 2.24) is 13.7 Å². The maximum Gasteiger partial charge on any atom is 0.336 e. The normalized spacial score (nSPS) is 35.4. The lowest BCUT2D eigenvalue weighted by Crippen LogP contribution is -2.58. The minimum absolute atomic E-state index is 0.141. The molecule has 0 aliphatic heterocycles. The summed E-state index contributed by atoms with van der Waals surface area (Å²) in [6.45, 7) is 24.0. The Morgan fingerprint density at radius 1 is 0.600 bits per heavy atom. The van der Waals surface area contributed by atoms with Crippen molar-refractivity contribution in [3.8, 4) is 0 Å². The lowest BCUT2D eigenvalue weighted by atomic mass is 9.61. The maximum atomic E-state index is 14.2. The van der Waals surface area contributed by atoms with Crippen molar-refractivity contribution in [2.24, 2.45) is 44.8 Å². The summed E-state index contributed by atoms with van der Waals surface area (Å²) in [4.78, 5) is 42.4. The van der Waals surface area contributed by atoms with Gasteiger partial charge in [-0.3, -0.25) is 0 Å². The summed E-state index contributed by atoms with van der Waals surface area (Å²) in [5.74, 6) is 1.36. The van der Waals surface area contributed by atoms with Crippen LogP contribution in [0.25, 0.3) is 0 Å². The van der Waals surface area contributed by atoms with Crippen LogP contribution in [0, 0.1) is 44.8 Å². The molecular formula is C34H59N3O3. The van der Waals surface area contributed by atoms with E-state index in [1.807, 2.05) is 0 Å². The van der Waals surface area contributed by atoms with Crippen molar-refractivity contribution in [1.29, 1.82) is 0 Å². The Balaban J connectivity index is 1.80. The summed E-state index contributed by atoms with van der Waals surface area (Å²) < 4.78 is 4.38. The van der Waals surface area contributed by atoms with Gasteiger partial charge < -0.3 is 0 Å². The standard InChI is InChI=1S/C34H59N3O3/c1-24-14-26(18-31(5,6)15-24)19-35-27(38)36(22-33(9)13-11-12-30(3,4)20-33)29(40)37(28(35)39)23-34(10)17-25(2)16-32(7,8)21-34/h24-26H,11-23H2,1-10H3. The number of rotatable bonds is 6. The van der Waals surface area contributed by atoms with E-state index in [9.17, 15) is 14.4 Å². The second-order valence-corrected chi connectivity index (χ2v) is 18.1. The molecule has 40 heavy (non-hydrogen) atoms. The lowest BCUT2D eigenvalue weighted by molar-refractivity contribution is 0.0427. The van der Waals surface area contributed by atoms with E-state index in [4.69, 9.17) is 0 Å². The smallest absolute Gasteiger partial charge is 0.247 e. The molecule has 6 heteroatoms. The van der Waals surface area contributed by atoms with E-state index in [1.54, 1.807) is 0 Å². The third-order valence-electron chi connectivity index (χ3n) is 10.6. The molecule has 3 aliphatic carbocycles. The van der Waals surface area contributed by atoms with Crippen molar-refractivity contribution in [3.05, 3.63) is 31.5 Å². The summed E-state index contributed by atoms with van der Waals surface area (Å²) >= 11 is 0. The van der Waals surface area contributed by atoms with Gasteiger partial charge in [0.2, 0.25) is 0 Å². The van der Waals surface area contributed by atoms with E-state index in [-0.39, 0.29) is 33.0 Å². The third kappa shape index (κ3) is 7.06. The van der Waals surface area contributed by atoms with E-state index in [0.717, 1.165) is 51.4 Å². The predicted molar refractivity (Wildman–Crippen MR) is 165 cm³/mol. The zero-order valence-electron chi connectivity index (χ0n) is 27.5. The zero-order chi connectivity index (χ0) is 29.9. The fraction of sp³-hybridized carbons (Fsp3) is 0.912. The van der Waals surface area contributed by atoms with Gasteiger partial charge in [-0.05, 0) is 103 Å². The number of nitrogens with zero attached hydrogens (tertiary/aromatic N) is 3. The Hall–Kier alpha value is -1.59. The van der Waals surface area contributed by atoms with Gasteiger partial charge in [0.05, 0.1) is 0 Å². The number of hydrogen-bond donors (Lipinski definition) is 0. The first kappa shape index (κ1) is 31.3. The van der Waals surface area contributed by atoms with E-state index < -0.39 is 17.1 Å². The van der Waals surface area contributed by atoms with Crippen LogP contribution in [-0.2, 0) is 19.6 Å². The average Bonchev–Trinajstić information content (AvgIpc) is 2.73. The molecule has 1 aromatic heterocycles. The molecule has 0 saturated heterocycles. The molecule has 228 valence electrons. The van der Waals surface area contributed by atoms with E-state index in [2.05, 4.69) is 69.2 Å². The van der Waals surface area contributed by atoms with Gasteiger partial charge in [0.15, 0.2) is 0 Å². The van der Waals surface area contributed by atoms with E-state index in [0.29, 0.717) is 31.5 Å². The minimum atomic E-state index is -0.398. The predicted octanol–water partition coefficient (Wildman–Crippen LogP) is 7.09. The molecule has 0 N–H and O–H groups in total. The molecule has 0 bridgehead atoms. The molecular weight excluding hydrogens is 498 g/mol. The first-order valence-electron chi connectivity index (χ1n) is 16.2. The summed E-state index contributed by atoms with van der Waals surface area (Å²) in [7, 11) is 0. The van der Waals surface area contributed by atoms with Gasteiger partial charge in [-0.2, -0.15) is 0 Å². The second kappa shape index (κ2) is 10.6. The Bertz CT molecular complexity index is 1260. The highest BCUT2D eigenvalue weighted by atomic mass is 16.2. The summed E-state index contributed by atoms with van der Waals surface area (Å²) in [6, 6.07) is 0. The molecule has 3 fully saturated rings. The van der Waals surface area contributed by atoms with E-state index >= 15 is 0 Å². The number of hydrogen-bond acceptors (Lipinski definition) is 3. The van der Waals surface area contributed by atoms with Crippen LogP contribution >= 0.6 is 0 Å². The Morgan fingerprint density at radius 3 is 1.68 bits per heavy atom. The Morgan fingerprint density at radius 2 is 1.12 bits per heavy atom. The van der Waals surface area contributed by atoms with Gasteiger partial charge in [-0.25, -0.2) is 28.1 Å². The topological polar surface area (TPSA) is 66.0 Å². The van der Waals surface area contributed by atoms with Gasteiger partial charge in [0.25, 0.3) is 0 Å². The molecule has 3 saturated carbocycles. The monoisotopic (exact) mass is 557 g/mol. The summed E-state index contributed by atoms with van der Waals surface area (Å²) in [5.41, 5.74) is -0.953. The van der Waals surface area contributed by atoms with Crippen molar-refractivity contribution in [2.75, 3.05) is 0 Å². The molecule has 0 radical (unpaired) electrons. The van der Waals surface area contributed by atoms with Crippen LogP contribution in [0.5, 0.6) is 0 Å². The Kier molecular flexibility index (Phi) is 8.30. The second-order valence-electron chi connectivity index (χ2n) is 18.1. The molecule has 1 aromatic rings. The summed E-state index contributed by atoms with van der Waals surface area (Å²) in [6.07, 6.45) is 10.5. The molecule has 5 unspecified atom stereocenters. The first-order chi connectivity index (χ1) is 18.2. The molecule has 6 nitrogen and oxygen atoms in total. The highest BCUT2D eigenvalue weighted by molar-refractivity contribution is 4.94. The molecule has 0 aromatic carbocycles. The zero-order valence-corrected chi connectivity index (χ0v) is 27.5. The van der Waals surface area contributed by atoms with Crippen molar-refractivity contribution in [2.45, 2.75) is 153 Å². The first-order valence-corrected chi connectivity index (χ1v) is 16.2. The van der Waals surface area contributed by atoms with Crippen molar-refractivity contribution < 1.29 is 0 Å². The van der Waals surface area contributed by atoms with Crippen LogP contribution in [0.3, 0.4) is 0 Å². The molecule has 3 aliphatic rings. The fourth-order valence-electron chi connectivity index (χ4n) is 10.6. The van der Waals surface area contributed by atoms with E-state index in [1.165, 1.54) is 26.5 Å². The maximum absolute atomic E-state index is 14.2. The van der Waals surface area contributed by atoms with Crippen molar-refractivity contribution >= 4 is 0 Å². The van der Waals surface area contributed by atoms with Gasteiger partial charge >= 0.3 is 17.1 Å². The Labute approximate surface area is 243 Å². The molecule has 5 atom stereocenters. The minimum Gasteiger partial charge on any atom is -0.247 e. The highest BCUT2D eigenvalue weighted by Crippen LogP contribution is 2.49. The SMILES string of the molecule is CC1CC(Cn2c(=O)n(CC3(C)CCCC(C)(C)C3)c(=O)n(CC3(C)CC(C)CC(C)(C)C3)c2=O)CC(C)(C)C1. The van der Waals surface area contributed by atoms with Crippen molar-refractivity contribution in [3.63, 3.8) is 0 Å².